The topological polar surface area (TPSA) is 62.7 Å². The molecule has 0 radical (unpaired) electrons. The molecule has 1 amide bonds. The van der Waals surface area contributed by atoms with Crippen LogP contribution in [0.5, 0.6) is 0 Å². The van der Waals surface area contributed by atoms with Crippen molar-refractivity contribution in [2.75, 3.05) is 0 Å². The lowest BCUT2D eigenvalue weighted by molar-refractivity contribution is -0.120. The Morgan fingerprint density at radius 1 is 1.03 bits per heavy atom. The summed E-state index contributed by atoms with van der Waals surface area (Å²) in [6.45, 7) is 1.23. The zero-order valence-electron chi connectivity index (χ0n) is 16.8. The van der Waals surface area contributed by atoms with Crippen molar-refractivity contribution in [3.8, 4) is 0 Å². The molecule has 2 heterocycles. The van der Waals surface area contributed by atoms with Crippen molar-refractivity contribution in [3.05, 3.63) is 101 Å². The molecule has 0 aliphatic rings. The van der Waals surface area contributed by atoms with Gasteiger partial charge in [0.15, 0.2) is 0 Å². The Hall–Kier alpha value is -3.57. The fraction of sp³-hybridized carbons (Fsp3) is 0.120. The first-order valence-electron chi connectivity index (χ1n) is 10.2. The summed E-state index contributed by atoms with van der Waals surface area (Å²) in [4.78, 5) is 20.2. The van der Waals surface area contributed by atoms with Crippen LogP contribution in [-0.2, 0) is 24.3 Å². The molecule has 0 bridgehead atoms. The van der Waals surface area contributed by atoms with Gasteiger partial charge in [-0.05, 0) is 41.0 Å². The van der Waals surface area contributed by atoms with Crippen molar-refractivity contribution in [2.45, 2.75) is 19.5 Å². The number of fused-ring (bicyclic) bond motifs is 2. The molecule has 0 fully saturated rings. The second kappa shape index (κ2) is 8.28. The molecule has 0 saturated heterocycles. The van der Waals surface area contributed by atoms with Crippen LogP contribution in [0.2, 0.25) is 5.02 Å². The monoisotopic (exact) mass is 428 g/mol. The number of aromatic amines is 1. The van der Waals surface area contributed by atoms with Gasteiger partial charge in [0, 0.05) is 35.2 Å². The summed E-state index contributed by atoms with van der Waals surface area (Å²) >= 11 is 6.03. The van der Waals surface area contributed by atoms with Gasteiger partial charge in [0.25, 0.3) is 0 Å². The molecule has 0 atom stereocenters. The van der Waals surface area contributed by atoms with Crippen molar-refractivity contribution in [1.82, 2.24) is 19.9 Å². The van der Waals surface area contributed by atoms with Crippen molar-refractivity contribution < 1.29 is 4.79 Å². The van der Waals surface area contributed by atoms with Gasteiger partial charge in [0.2, 0.25) is 5.91 Å². The van der Waals surface area contributed by atoms with E-state index in [2.05, 4.69) is 38.1 Å². The van der Waals surface area contributed by atoms with Crippen LogP contribution in [0.3, 0.4) is 0 Å². The van der Waals surface area contributed by atoms with Crippen LogP contribution in [0.25, 0.3) is 21.9 Å². The number of nitrogens with one attached hydrogen (secondary N) is 2. The number of nitrogens with zero attached hydrogens (tertiary/aromatic N) is 2. The van der Waals surface area contributed by atoms with Gasteiger partial charge >= 0.3 is 0 Å². The highest BCUT2D eigenvalue weighted by molar-refractivity contribution is 6.31. The van der Waals surface area contributed by atoms with Crippen LogP contribution in [0, 0.1) is 0 Å². The van der Waals surface area contributed by atoms with Gasteiger partial charge in [0.05, 0.1) is 23.8 Å². The Labute approximate surface area is 184 Å². The Kier molecular flexibility index (Phi) is 5.18. The number of amides is 1. The van der Waals surface area contributed by atoms with Crippen molar-refractivity contribution in [1.29, 1.82) is 0 Å². The minimum atomic E-state index is -0.0122. The summed E-state index contributed by atoms with van der Waals surface area (Å²) in [7, 11) is 0. The first kappa shape index (κ1) is 19.4. The number of benzene rings is 3. The lowest BCUT2D eigenvalue weighted by Crippen LogP contribution is -2.24. The van der Waals surface area contributed by atoms with E-state index in [0.717, 1.165) is 39.6 Å². The zero-order valence-corrected chi connectivity index (χ0v) is 17.6. The Balaban J connectivity index is 1.24. The van der Waals surface area contributed by atoms with Gasteiger partial charge in [-0.2, -0.15) is 0 Å². The first-order chi connectivity index (χ1) is 15.2. The average molecular weight is 429 g/mol. The fourth-order valence-electron chi connectivity index (χ4n) is 3.91. The second-order valence-electron chi connectivity index (χ2n) is 7.64. The Bertz CT molecular complexity index is 1380. The van der Waals surface area contributed by atoms with Gasteiger partial charge in [0.1, 0.15) is 0 Å². The summed E-state index contributed by atoms with van der Waals surface area (Å²) in [5.41, 5.74) is 6.25. The van der Waals surface area contributed by atoms with Crippen LogP contribution in [0.4, 0.5) is 0 Å². The molecule has 5 aromatic rings. The molecule has 5 nitrogen and oxygen atoms in total. The van der Waals surface area contributed by atoms with E-state index in [-0.39, 0.29) is 5.91 Å². The van der Waals surface area contributed by atoms with E-state index in [0.29, 0.717) is 18.0 Å². The molecular weight excluding hydrogens is 408 g/mol. The SMILES string of the molecule is O=C(Cc1c[nH]c2cc(Cl)ccc12)NCc1cccc(Cn2cnc3ccccc32)c1. The molecule has 5 rings (SSSR count). The van der Waals surface area contributed by atoms with Gasteiger partial charge in [-0.1, -0.05) is 54.1 Å². The molecule has 3 aromatic carbocycles. The smallest absolute Gasteiger partial charge is 0.224 e. The molecule has 6 heteroatoms. The lowest BCUT2D eigenvalue weighted by atomic mass is 10.1. The molecular formula is C25H21ClN4O. The number of halogens is 1. The maximum absolute atomic E-state index is 12.5. The Morgan fingerprint density at radius 2 is 1.90 bits per heavy atom. The normalized spacial score (nSPS) is 11.3. The van der Waals surface area contributed by atoms with Crippen molar-refractivity contribution in [3.63, 3.8) is 0 Å². The predicted molar refractivity (Wildman–Crippen MR) is 124 cm³/mol. The number of aromatic nitrogens is 3. The van der Waals surface area contributed by atoms with E-state index >= 15 is 0 Å². The van der Waals surface area contributed by atoms with E-state index < -0.39 is 0 Å². The molecule has 2 aromatic heterocycles. The number of carbonyl (C=O) groups is 1. The number of hydrogen-bond acceptors (Lipinski definition) is 2. The van der Waals surface area contributed by atoms with Crippen LogP contribution in [0.15, 0.2) is 79.3 Å². The highest BCUT2D eigenvalue weighted by atomic mass is 35.5. The van der Waals surface area contributed by atoms with Crippen molar-refractivity contribution >= 4 is 39.4 Å². The average Bonchev–Trinajstić information content (AvgIpc) is 3.36. The zero-order chi connectivity index (χ0) is 21.2. The number of hydrogen-bond donors (Lipinski definition) is 2. The van der Waals surface area contributed by atoms with Gasteiger partial charge in [-0.15, -0.1) is 0 Å². The third-order valence-corrected chi connectivity index (χ3v) is 5.68. The fourth-order valence-corrected chi connectivity index (χ4v) is 4.08. The summed E-state index contributed by atoms with van der Waals surface area (Å²) in [6, 6.07) is 22.0. The summed E-state index contributed by atoms with van der Waals surface area (Å²) in [6.07, 6.45) is 4.06. The standard InChI is InChI=1S/C25H21ClN4O/c26-20-8-9-21-19(14-27-23(21)12-20)11-25(31)28-13-17-4-3-5-18(10-17)15-30-16-29-22-6-1-2-7-24(22)30/h1-10,12,14,16,27H,11,13,15H2,(H,28,31). The van der Waals surface area contributed by atoms with E-state index in [1.807, 2.05) is 61.1 Å². The highest BCUT2D eigenvalue weighted by Crippen LogP contribution is 2.22. The predicted octanol–water partition coefficient (Wildman–Crippen LogP) is 5.08. The highest BCUT2D eigenvalue weighted by Gasteiger charge is 2.10. The quantitative estimate of drug-likeness (QED) is 0.396. The summed E-state index contributed by atoms with van der Waals surface area (Å²) in [5.74, 6) is -0.0122. The van der Waals surface area contributed by atoms with E-state index in [1.54, 1.807) is 0 Å². The van der Waals surface area contributed by atoms with Crippen molar-refractivity contribution in [2.24, 2.45) is 0 Å². The molecule has 0 unspecified atom stereocenters. The Morgan fingerprint density at radius 3 is 2.84 bits per heavy atom. The second-order valence-corrected chi connectivity index (χ2v) is 8.07. The van der Waals surface area contributed by atoms with E-state index in [4.69, 9.17) is 11.6 Å². The number of imidazole rings is 1. The summed E-state index contributed by atoms with van der Waals surface area (Å²) < 4.78 is 2.14. The number of H-pyrrole nitrogens is 1. The number of rotatable bonds is 6. The maximum Gasteiger partial charge on any atom is 0.224 e. The molecule has 0 spiro atoms. The molecule has 0 saturated carbocycles. The molecule has 0 aliphatic heterocycles. The largest absolute Gasteiger partial charge is 0.361 e. The lowest BCUT2D eigenvalue weighted by Gasteiger charge is -2.09. The van der Waals surface area contributed by atoms with Crippen LogP contribution >= 0.6 is 11.6 Å². The van der Waals surface area contributed by atoms with Crippen LogP contribution in [-0.4, -0.2) is 20.4 Å². The third-order valence-electron chi connectivity index (χ3n) is 5.44. The third kappa shape index (κ3) is 4.18. The minimum Gasteiger partial charge on any atom is -0.361 e. The van der Waals surface area contributed by atoms with E-state index in [9.17, 15) is 4.79 Å². The summed E-state index contributed by atoms with van der Waals surface area (Å²) in [5, 5.41) is 4.73. The molecule has 154 valence electrons. The maximum atomic E-state index is 12.5. The van der Waals surface area contributed by atoms with Crippen LogP contribution in [0.1, 0.15) is 16.7 Å². The van der Waals surface area contributed by atoms with Gasteiger partial charge in [-0.3, -0.25) is 4.79 Å². The molecule has 0 aliphatic carbocycles. The van der Waals surface area contributed by atoms with Gasteiger partial charge in [-0.25, -0.2) is 4.98 Å². The molecule has 2 N–H and O–H groups in total. The molecule has 31 heavy (non-hydrogen) atoms. The minimum absolute atomic E-state index is 0.0122. The number of para-hydroxylation sites is 2. The number of carbonyl (C=O) groups excluding carboxylic acids is 1. The first-order valence-corrected chi connectivity index (χ1v) is 10.5. The van der Waals surface area contributed by atoms with Crippen LogP contribution < -0.4 is 5.32 Å². The van der Waals surface area contributed by atoms with E-state index in [1.165, 1.54) is 5.56 Å². The van der Waals surface area contributed by atoms with Gasteiger partial charge < -0.3 is 14.9 Å².